The van der Waals surface area contributed by atoms with Crippen molar-refractivity contribution in [2.45, 2.75) is 39.5 Å². The molecule has 0 aromatic rings. The SMILES string of the molecule is C/C=C/[C@@H](C)[C@@H](C)C(C)(C)Cl. The predicted octanol–water partition coefficient (Wildman–Crippen LogP) is 3.85. The van der Waals surface area contributed by atoms with Crippen LogP contribution in [-0.4, -0.2) is 4.87 Å². The molecular weight excluding hydrogens is 156 g/mol. The van der Waals surface area contributed by atoms with E-state index in [0.717, 1.165) is 0 Å². The average molecular weight is 175 g/mol. The highest BCUT2D eigenvalue weighted by Gasteiger charge is 2.25. The van der Waals surface area contributed by atoms with E-state index in [4.69, 9.17) is 11.6 Å². The Balaban J connectivity index is 4.13. The van der Waals surface area contributed by atoms with Crippen molar-refractivity contribution in [3.05, 3.63) is 12.2 Å². The molecule has 0 aliphatic rings. The van der Waals surface area contributed by atoms with E-state index in [2.05, 4.69) is 39.8 Å². The molecule has 0 fully saturated rings. The first-order valence-electron chi connectivity index (χ1n) is 4.21. The largest absolute Gasteiger partial charge is 0.120 e. The Kier molecular flexibility index (Phi) is 4.17. The van der Waals surface area contributed by atoms with E-state index in [1.807, 2.05) is 6.92 Å². The number of hydrogen-bond donors (Lipinski definition) is 0. The Morgan fingerprint density at radius 2 is 1.73 bits per heavy atom. The molecule has 0 radical (unpaired) electrons. The quantitative estimate of drug-likeness (QED) is 0.451. The fraction of sp³-hybridized carbons (Fsp3) is 0.800. The zero-order valence-electron chi connectivity index (χ0n) is 8.19. The molecule has 66 valence electrons. The lowest BCUT2D eigenvalue weighted by Gasteiger charge is -2.28. The molecule has 2 atom stereocenters. The molecule has 0 spiro atoms. The summed E-state index contributed by atoms with van der Waals surface area (Å²) in [6.07, 6.45) is 4.29. The monoisotopic (exact) mass is 174 g/mol. The number of hydrogen-bond acceptors (Lipinski definition) is 0. The van der Waals surface area contributed by atoms with Crippen LogP contribution in [0.25, 0.3) is 0 Å². The standard InChI is InChI=1S/C10H19Cl/c1-6-7-8(2)9(3)10(4,5)11/h6-9H,1-5H3/b7-6+/t8-,9-/m1/s1. The van der Waals surface area contributed by atoms with E-state index in [1.165, 1.54) is 0 Å². The zero-order valence-corrected chi connectivity index (χ0v) is 8.94. The van der Waals surface area contributed by atoms with Crippen molar-refractivity contribution in [2.24, 2.45) is 11.8 Å². The molecule has 0 saturated heterocycles. The van der Waals surface area contributed by atoms with Gasteiger partial charge in [-0.15, -0.1) is 11.6 Å². The van der Waals surface area contributed by atoms with Crippen LogP contribution in [0.3, 0.4) is 0 Å². The zero-order chi connectivity index (χ0) is 9.07. The minimum absolute atomic E-state index is 0.0983. The number of allylic oxidation sites excluding steroid dienone is 2. The molecule has 0 aromatic heterocycles. The smallest absolute Gasteiger partial charge is 0.0421 e. The molecule has 1 heteroatoms. The molecule has 0 aromatic carbocycles. The summed E-state index contributed by atoms with van der Waals surface area (Å²) in [6.45, 7) is 10.6. The van der Waals surface area contributed by atoms with Crippen LogP contribution in [-0.2, 0) is 0 Å². The fourth-order valence-electron chi connectivity index (χ4n) is 1.10. The third-order valence-corrected chi connectivity index (χ3v) is 2.71. The first-order chi connectivity index (χ1) is 4.89. The van der Waals surface area contributed by atoms with Crippen LogP contribution in [0, 0.1) is 11.8 Å². The van der Waals surface area contributed by atoms with Gasteiger partial charge in [-0.1, -0.05) is 26.0 Å². The minimum Gasteiger partial charge on any atom is -0.120 e. The highest BCUT2D eigenvalue weighted by Crippen LogP contribution is 2.30. The maximum Gasteiger partial charge on any atom is 0.0421 e. The highest BCUT2D eigenvalue weighted by atomic mass is 35.5. The van der Waals surface area contributed by atoms with E-state index in [0.29, 0.717) is 11.8 Å². The van der Waals surface area contributed by atoms with Crippen LogP contribution in [0.1, 0.15) is 34.6 Å². The van der Waals surface area contributed by atoms with Crippen LogP contribution < -0.4 is 0 Å². The first-order valence-corrected chi connectivity index (χ1v) is 4.59. The van der Waals surface area contributed by atoms with Gasteiger partial charge in [-0.3, -0.25) is 0 Å². The summed E-state index contributed by atoms with van der Waals surface area (Å²) >= 11 is 6.18. The Labute approximate surface area is 75.6 Å². The van der Waals surface area contributed by atoms with E-state index in [-0.39, 0.29) is 4.87 Å². The van der Waals surface area contributed by atoms with E-state index >= 15 is 0 Å². The second-order valence-corrected chi connectivity index (χ2v) is 4.71. The molecule has 0 amide bonds. The molecule has 0 bridgehead atoms. The van der Waals surface area contributed by atoms with Crippen molar-refractivity contribution in [1.29, 1.82) is 0 Å². The average Bonchev–Trinajstić information content (AvgIpc) is 1.85. The van der Waals surface area contributed by atoms with Crippen molar-refractivity contribution in [1.82, 2.24) is 0 Å². The van der Waals surface area contributed by atoms with Gasteiger partial charge in [0.1, 0.15) is 0 Å². The summed E-state index contributed by atoms with van der Waals surface area (Å²) in [7, 11) is 0. The second kappa shape index (κ2) is 4.15. The number of halogens is 1. The third kappa shape index (κ3) is 3.81. The summed E-state index contributed by atoms with van der Waals surface area (Å²) in [6, 6.07) is 0. The van der Waals surface area contributed by atoms with Crippen molar-refractivity contribution < 1.29 is 0 Å². The lowest BCUT2D eigenvalue weighted by Crippen LogP contribution is -2.26. The van der Waals surface area contributed by atoms with E-state index < -0.39 is 0 Å². The van der Waals surface area contributed by atoms with Gasteiger partial charge in [-0.05, 0) is 32.6 Å². The number of rotatable bonds is 3. The van der Waals surface area contributed by atoms with Gasteiger partial charge in [0.25, 0.3) is 0 Å². The van der Waals surface area contributed by atoms with Crippen molar-refractivity contribution in [3.63, 3.8) is 0 Å². The van der Waals surface area contributed by atoms with Gasteiger partial charge in [0.05, 0.1) is 0 Å². The van der Waals surface area contributed by atoms with Crippen LogP contribution in [0.5, 0.6) is 0 Å². The Hall–Kier alpha value is 0.0300. The van der Waals surface area contributed by atoms with Gasteiger partial charge in [0, 0.05) is 4.87 Å². The summed E-state index contributed by atoms with van der Waals surface area (Å²) in [5.41, 5.74) is 0. The van der Waals surface area contributed by atoms with Crippen molar-refractivity contribution in [3.8, 4) is 0 Å². The second-order valence-electron chi connectivity index (χ2n) is 3.74. The van der Waals surface area contributed by atoms with Gasteiger partial charge < -0.3 is 0 Å². The highest BCUT2D eigenvalue weighted by molar-refractivity contribution is 6.23. The molecule has 0 nitrogen and oxygen atoms in total. The fourth-order valence-corrected chi connectivity index (χ4v) is 1.29. The van der Waals surface area contributed by atoms with Gasteiger partial charge in [0.2, 0.25) is 0 Å². The first kappa shape index (κ1) is 11.0. The predicted molar refractivity (Wildman–Crippen MR) is 53.1 cm³/mol. The van der Waals surface area contributed by atoms with Crippen LogP contribution in [0.2, 0.25) is 0 Å². The lowest BCUT2D eigenvalue weighted by molar-refractivity contribution is 0.369. The third-order valence-electron chi connectivity index (χ3n) is 2.37. The Morgan fingerprint density at radius 1 is 1.27 bits per heavy atom. The molecule has 0 aliphatic carbocycles. The van der Waals surface area contributed by atoms with Crippen LogP contribution in [0.15, 0.2) is 12.2 Å². The summed E-state index contributed by atoms with van der Waals surface area (Å²) in [5, 5.41) is 0. The lowest BCUT2D eigenvalue weighted by atomic mass is 9.85. The molecule has 0 aliphatic heterocycles. The van der Waals surface area contributed by atoms with Crippen molar-refractivity contribution >= 4 is 11.6 Å². The van der Waals surface area contributed by atoms with Gasteiger partial charge in [-0.25, -0.2) is 0 Å². The summed E-state index contributed by atoms with van der Waals surface area (Å²) in [5.74, 6) is 1.08. The molecule has 0 saturated carbocycles. The number of alkyl halides is 1. The molecule has 0 rings (SSSR count). The normalized spacial score (nSPS) is 18.7. The van der Waals surface area contributed by atoms with Gasteiger partial charge in [0.15, 0.2) is 0 Å². The molecule has 0 unspecified atom stereocenters. The minimum atomic E-state index is -0.0983. The van der Waals surface area contributed by atoms with Crippen LogP contribution >= 0.6 is 11.6 Å². The van der Waals surface area contributed by atoms with Gasteiger partial charge in [-0.2, -0.15) is 0 Å². The maximum absolute atomic E-state index is 6.18. The summed E-state index contributed by atoms with van der Waals surface area (Å²) < 4.78 is 0. The topological polar surface area (TPSA) is 0 Å². The molecule has 0 N–H and O–H groups in total. The summed E-state index contributed by atoms with van der Waals surface area (Å²) in [4.78, 5) is -0.0983. The Morgan fingerprint density at radius 3 is 2.00 bits per heavy atom. The van der Waals surface area contributed by atoms with Crippen molar-refractivity contribution in [2.75, 3.05) is 0 Å². The molecule has 0 heterocycles. The molecule has 11 heavy (non-hydrogen) atoms. The van der Waals surface area contributed by atoms with Gasteiger partial charge >= 0.3 is 0 Å². The van der Waals surface area contributed by atoms with Crippen LogP contribution in [0.4, 0.5) is 0 Å². The molecular formula is C10H19Cl. The van der Waals surface area contributed by atoms with E-state index in [9.17, 15) is 0 Å². The van der Waals surface area contributed by atoms with E-state index in [1.54, 1.807) is 0 Å². The Bertz CT molecular complexity index is 130. The maximum atomic E-state index is 6.18.